The Morgan fingerprint density at radius 3 is 2.30 bits per heavy atom. The molecular weight excluding hydrogens is 395 g/mol. The molecule has 9 heteroatoms. The van der Waals surface area contributed by atoms with Gasteiger partial charge in [-0.05, 0) is 42.5 Å². The van der Waals surface area contributed by atoms with Crippen molar-refractivity contribution in [3.8, 4) is 11.4 Å². The molecule has 0 saturated heterocycles. The van der Waals surface area contributed by atoms with Crippen LogP contribution in [-0.2, 0) is 12.7 Å². The lowest BCUT2D eigenvalue weighted by atomic mass is 10.2. The number of benzene rings is 2. The number of halogens is 3. The van der Waals surface area contributed by atoms with Crippen LogP contribution < -0.4 is 5.32 Å². The Kier molecular flexibility index (Phi) is 5.09. The van der Waals surface area contributed by atoms with Gasteiger partial charge >= 0.3 is 6.18 Å². The van der Waals surface area contributed by atoms with E-state index in [1.807, 2.05) is 36.5 Å². The topological polar surface area (TPSA) is 64.7 Å². The third-order valence-corrected chi connectivity index (χ3v) is 4.38. The molecule has 2 aromatic heterocycles. The van der Waals surface area contributed by atoms with Crippen LogP contribution in [0.2, 0.25) is 0 Å². The minimum absolute atomic E-state index is 0.293. The van der Waals surface area contributed by atoms with Crippen LogP contribution >= 0.6 is 0 Å². The zero-order valence-electron chi connectivity index (χ0n) is 15.5. The van der Waals surface area contributed by atoms with E-state index in [0.29, 0.717) is 17.8 Å². The van der Waals surface area contributed by atoms with Gasteiger partial charge in [-0.3, -0.25) is 4.79 Å². The molecule has 0 fully saturated rings. The standard InChI is InChI=1S/C21H16F3N5O/c22-21(23,24)19-10-11-28(27-19)18-8-6-16(7-9-18)20(30)25-12-15-13-26-29(14-15)17-4-2-1-3-5-17/h1-11,13-14H,12H2,(H,25,30). The van der Waals surface area contributed by atoms with Crippen LogP contribution in [0, 0.1) is 0 Å². The second-order valence-corrected chi connectivity index (χ2v) is 6.50. The van der Waals surface area contributed by atoms with Crippen LogP contribution in [0.3, 0.4) is 0 Å². The van der Waals surface area contributed by atoms with Crippen molar-refractivity contribution in [3.63, 3.8) is 0 Å². The predicted octanol–water partition coefficient (Wildman–Crippen LogP) is 4.01. The summed E-state index contributed by atoms with van der Waals surface area (Å²) in [7, 11) is 0. The Balaban J connectivity index is 1.39. The number of amides is 1. The molecule has 0 aliphatic rings. The zero-order valence-corrected chi connectivity index (χ0v) is 15.5. The Labute approximate surface area is 169 Å². The van der Waals surface area contributed by atoms with E-state index in [2.05, 4.69) is 15.5 Å². The minimum atomic E-state index is -4.50. The highest BCUT2D eigenvalue weighted by molar-refractivity contribution is 5.94. The molecule has 0 bridgehead atoms. The smallest absolute Gasteiger partial charge is 0.348 e. The van der Waals surface area contributed by atoms with Crippen molar-refractivity contribution in [2.24, 2.45) is 0 Å². The van der Waals surface area contributed by atoms with Crippen LogP contribution in [-0.4, -0.2) is 25.5 Å². The molecule has 0 aliphatic carbocycles. The molecule has 0 unspecified atom stereocenters. The molecule has 6 nitrogen and oxygen atoms in total. The number of rotatable bonds is 5. The molecule has 152 valence electrons. The van der Waals surface area contributed by atoms with Gasteiger partial charge in [0.1, 0.15) is 0 Å². The fourth-order valence-corrected chi connectivity index (χ4v) is 2.84. The van der Waals surface area contributed by atoms with Crippen LogP contribution in [0.4, 0.5) is 13.2 Å². The summed E-state index contributed by atoms with van der Waals surface area (Å²) < 4.78 is 40.9. The lowest BCUT2D eigenvalue weighted by Gasteiger charge is -2.06. The number of alkyl halides is 3. The summed E-state index contributed by atoms with van der Waals surface area (Å²) in [5.74, 6) is -0.301. The largest absolute Gasteiger partial charge is 0.435 e. The second-order valence-electron chi connectivity index (χ2n) is 6.50. The summed E-state index contributed by atoms with van der Waals surface area (Å²) in [6.07, 6.45) is 0.225. The zero-order chi connectivity index (χ0) is 21.1. The molecule has 2 aromatic carbocycles. The first-order valence-corrected chi connectivity index (χ1v) is 9.01. The molecule has 4 rings (SSSR count). The van der Waals surface area contributed by atoms with Crippen LogP contribution in [0.1, 0.15) is 21.6 Å². The van der Waals surface area contributed by atoms with E-state index in [4.69, 9.17) is 0 Å². The van der Waals surface area contributed by atoms with E-state index in [9.17, 15) is 18.0 Å². The lowest BCUT2D eigenvalue weighted by Crippen LogP contribution is -2.22. The number of aromatic nitrogens is 4. The van der Waals surface area contributed by atoms with Gasteiger partial charge in [0.15, 0.2) is 5.69 Å². The average molecular weight is 411 g/mol. The molecule has 2 heterocycles. The van der Waals surface area contributed by atoms with Crippen molar-refractivity contribution in [3.05, 3.63) is 96.1 Å². The van der Waals surface area contributed by atoms with Crippen LogP contribution in [0.25, 0.3) is 11.4 Å². The third kappa shape index (κ3) is 4.24. The number of nitrogens with one attached hydrogen (secondary N) is 1. The van der Waals surface area contributed by atoms with E-state index in [1.165, 1.54) is 30.5 Å². The number of carbonyl (C=O) groups is 1. The third-order valence-electron chi connectivity index (χ3n) is 4.38. The minimum Gasteiger partial charge on any atom is -0.348 e. The Morgan fingerprint density at radius 1 is 0.933 bits per heavy atom. The molecular formula is C21H16F3N5O. The number of nitrogens with zero attached hydrogens (tertiary/aromatic N) is 4. The summed E-state index contributed by atoms with van der Waals surface area (Å²) in [4.78, 5) is 12.4. The highest BCUT2D eigenvalue weighted by atomic mass is 19.4. The van der Waals surface area contributed by atoms with Gasteiger partial charge in [0.2, 0.25) is 0 Å². The van der Waals surface area contributed by atoms with Crippen LogP contribution in [0.5, 0.6) is 0 Å². The van der Waals surface area contributed by atoms with Gasteiger partial charge in [-0.1, -0.05) is 18.2 Å². The summed E-state index contributed by atoms with van der Waals surface area (Å²) in [6.45, 7) is 0.293. The normalized spacial score (nSPS) is 11.4. The molecule has 0 radical (unpaired) electrons. The Bertz CT molecular complexity index is 1150. The van der Waals surface area contributed by atoms with Crippen molar-refractivity contribution in [2.45, 2.75) is 12.7 Å². The van der Waals surface area contributed by atoms with Crippen molar-refractivity contribution in [1.82, 2.24) is 24.9 Å². The molecule has 30 heavy (non-hydrogen) atoms. The highest BCUT2D eigenvalue weighted by Crippen LogP contribution is 2.27. The van der Waals surface area contributed by atoms with Gasteiger partial charge in [0.05, 0.1) is 17.6 Å². The molecule has 1 N–H and O–H groups in total. The summed E-state index contributed by atoms with van der Waals surface area (Å²) >= 11 is 0. The molecule has 0 aliphatic heterocycles. The van der Waals surface area contributed by atoms with E-state index in [1.54, 1.807) is 10.9 Å². The fraction of sp³-hybridized carbons (Fsp3) is 0.0952. The molecule has 0 spiro atoms. The first-order chi connectivity index (χ1) is 14.4. The maximum absolute atomic E-state index is 12.7. The van der Waals surface area contributed by atoms with E-state index < -0.39 is 11.9 Å². The van der Waals surface area contributed by atoms with Crippen molar-refractivity contribution < 1.29 is 18.0 Å². The number of hydrogen-bond acceptors (Lipinski definition) is 3. The monoisotopic (exact) mass is 411 g/mol. The van der Waals surface area contributed by atoms with E-state index in [0.717, 1.165) is 22.0 Å². The predicted molar refractivity (Wildman–Crippen MR) is 103 cm³/mol. The fourth-order valence-electron chi connectivity index (χ4n) is 2.84. The van der Waals surface area contributed by atoms with Gasteiger partial charge < -0.3 is 5.32 Å². The molecule has 1 amide bonds. The Morgan fingerprint density at radius 2 is 1.63 bits per heavy atom. The van der Waals surface area contributed by atoms with E-state index in [-0.39, 0.29) is 5.91 Å². The van der Waals surface area contributed by atoms with Gasteiger partial charge in [-0.2, -0.15) is 23.4 Å². The van der Waals surface area contributed by atoms with Crippen LogP contribution in [0.15, 0.2) is 79.3 Å². The average Bonchev–Trinajstić information content (AvgIpc) is 3.43. The first kappa shape index (κ1) is 19.4. The Hall–Kier alpha value is -3.88. The van der Waals surface area contributed by atoms with Gasteiger partial charge in [-0.25, -0.2) is 9.36 Å². The number of hydrogen-bond donors (Lipinski definition) is 1. The number of carbonyl (C=O) groups excluding carboxylic acids is 1. The highest BCUT2D eigenvalue weighted by Gasteiger charge is 2.33. The molecule has 0 saturated carbocycles. The summed E-state index contributed by atoms with van der Waals surface area (Å²) in [5.41, 5.74) is 1.59. The van der Waals surface area contributed by atoms with Crippen molar-refractivity contribution >= 4 is 5.91 Å². The molecule has 0 atom stereocenters. The maximum Gasteiger partial charge on any atom is 0.435 e. The summed E-state index contributed by atoms with van der Waals surface area (Å²) in [5, 5.41) is 10.6. The SMILES string of the molecule is O=C(NCc1cnn(-c2ccccc2)c1)c1ccc(-n2ccc(C(F)(F)F)n2)cc1. The molecule has 4 aromatic rings. The first-order valence-electron chi connectivity index (χ1n) is 9.01. The quantitative estimate of drug-likeness (QED) is 0.540. The second kappa shape index (κ2) is 7.86. The van der Waals surface area contributed by atoms with E-state index >= 15 is 0 Å². The lowest BCUT2D eigenvalue weighted by molar-refractivity contribution is -0.141. The van der Waals surface area contributed by atoms with Crippen molar-refractivity contribution in [2.75, 3.05) is 0 Å². The van der Waals surface area contributed by atoms with Gasteiger partial charge in [-0.15, -0.1) is 0 Å². The number of para-hydroxylation sites is 1. The summed E-state index contributed by atoms with van der Waals surface area (Å²) in [6, 6.07) is 16.6. The maximum atomic E-state index is 12.7. The van der Waals surface area contributed by atoms with Gasteiger partial charge in [0, 0.05) is 30.1 Å². The van der Waals surface area contributed by atoms with Gasteiger partial charge in [0.25, 0.3) is 5.91 Å². The van der Waals surface area contributed by atoms with Crippen molar-refractivity contribution in [1.29, 1.82) is 0 Å².